The molecule has 0 aliphatic heterocycles. The third-order valence-electron chi connectivity index (χ3n) is 4.31. The minimum absolute atomic E-state index is 0.0360. The summed E-state index contributed by atoms with van der Waals surface area (Å²) in [4.78, 5) is 8.67. The molecule has 0 radical (unpaired) electrons. The summed E-state index contributed by atoms with van der Waals surface area (Å²) in [5.74, 6) is 1.81. The maximum atomic E-state index is 9.68. The van der Waals surface area contributed by atoms with Crippen LogP contribution in [0.2, 0.25) is 0 Å². The fourth-order valence-electron chi connectivity index (χ4n) is 3.05. The molecule has 1 aliphatic carbocycles. The molecule has 1 heterocycles. The second-order valence-electron chi connectivity index (χ2n) is 5.77. The van der Waals surface area contributed by atoms with Crippen LogP contribution in [0.5, 0.6) is 0 Å². The average molecular weight is 278 g/mol. The van der Waals surface area contributed by atoms with Gasteiger partial charge in [0.1, 0.15) is 18.0 Å². The minimum Gasteiger partial charge on any atom is -0.396 e. The molecular formula is C15H26N4O. The first-order chi connectivity index (χ1) is 9.74. The number of hydrogen-bond donors (Lipinski definition) is 3. The smallest absolute Gasteiger partial charge is 0.134 e. The van der Waals surface area contributed by atoms with Crippen LogP contribution in [0.1, 0.15) is 44.6 Å². The van der Waals surface area contributed by atoms with Gasteiger partial charge in [-0.2, -0.15) is 0 Å². The largest absolute Gasteiger partial charge is 0.396 e. The molecule has 0 bridgehead atoms. The van der Waals surface area contributed by atoms with Crippen LogP contribution in [0.15, 0.2) is 6.33 Å². The zero-order valence-electron chi connectivity index (χ0n) is 12.6. The lowest BCUT2D eigenvalue weighted by Crippen LogP contribution is -2.31. The number of aromatic nitrogens is 2. The Morgan fingerprint density at radius 1 is 1.25 bits per heavy atom. The lowest BCUT2D eigenvalue weighted by Gasteiger charge is -2.27. The second-order valence-corrected chi connectivity index (χ2v) is 5.77. The van der Waals surface area contributed by atoms with Gasteiger partial charge in [-0.15, -0.1) is 0 Å². The minimum atomic E-state index is 0.0360. The van der Waals surface area contributed by atoms with Gasteiger partial charge < -0.3 is 15.7 Å². The van der Waals surface area contributed by atoms with Crippen LogP contribution in [-0.4, -0.2) is 35.3 Å². The van der Waals surface area contributed by atoms with Crippen molar-refractivity contribution < 1.29 is 5.11 Å². The Morgan fingerprint density at radius 2 is 1.95 bits per heavy atom. The fraction of sp³-hybridized carbons (Fsp3) is 0.733. The molecule has 1 saturated carbocycles. The highest BCUT2D eigenvalue weighted by Crippen LogP contribution is 2.38. The summed E-state index contributed by atoms with van der Waals surface area (Å²) in [6.45, 7) is 3.20. The summed E-state index contributed by atoms with van der Waals surface area (Å²) in [6, 6.07) is 0. The molecule has 0 aromatic carbocycles. The van der Waals surface area contributed by atoms with E-state index in [9.17, 15) is 5.11 Å². The average Bonchev–Trinajstić information content (AvgIpc) is 2.96. The Bertz CT molecular complexity index is 430. The van der Waals surface area contributed by atoms with E-state index in [4.69, 9.17) is 0 Å². The van der Waals surface area contributed by atoms with Crippen molar-refractivity contribution in [2.45, 2.75) is 45.4 Å². The molecule has 0 saturated heterocycles. The number of rotatable bonds is 7. The normalized spacial score (nSPS) is 17.1. The molecule has 0 atom stereocenters. The van der Waals surface area contributed by atoms with E-state index in [1.54, 1.807) is 6.33 Å². The number of nitrogens with one attached hydrogen (secondary N) is 2. The third kappa shape index (κ3) is 3.20. The molecule has 1 aromatic heterocycles. The van der Waals surface area contributed by atoms with Crippen LogP contribution in [0.3, 0.4) is 0 Å². The molecule has 5 heteroatoms. The Morgan fingerprint density at radius 3 is 2.55 bits per heavy atom. The number of aliphatic hydroxyl groups is 1. The van der Waals surface area contributed by atoms with Crippen molar-refractivity contribution in [1.82, 2.24) is 9.97 Å². The molecule has 0 amide bonds. The van der Waals surface area contributed by atoms with Gasteiger partial charge in [-0.05, 0) is 19.3 Å². The lowest BCUT2D eigenvalue weighted by molar-refractivity contribution is 0.142. The van der Waals surface area contributed by atoms with Gasteiger partial charge in [-0.3, -0.25) is 0 Å². The number of hydrogen-bond acceptors (Lipinski definition) is 5. The fourth-order valence-corrected chi connectivity index (χ4v) is 3.05. The van der Waals surface area contributed by atoms with Crippen LogP contribution in [0.4, 0.5) is 11.6 Å². The zero-order chi connectivity index (χ0) is 14.4. The van der Waals surface area contributed by atoms with Crippen LogP contribution in [0, 0.1) is 5.41 Å². The molecule has 0 spiro atoms. The maximum Gasteiger partial charge on any atom is 0.134 e. The van der Waals surface area contributed by atoms with Gasteiger partial charge in [-0.1, -0.05) is 26.2 Å². The lowest BCUT2D eigenvalue weighted by atomic mass is 9.87. The summed E-state index contributed by atoms with van der Waals surface area (Å²) >= 11 is 0. The highest BCUT2D eigenvalue weighted by molar-refractivity contribution is 5.57. The van der Waals surface area contributed by atoms with Gasteiger partial charge in [0.25, 0.3) is 0 Å². The van der Waals surface area contributed by atoms with Crippen molar-refractivity contribution in [1.29, 1.82) is 0 Å². The first kappa shape index (κ1) is 15.0. The van der Waals surface area contributed by atoms with Crippen molar-refractivity contribution in [2.75, 3.05) is 30.8 Å². The highest BCUT2D eigenvalue weighted by atomic mass is 16.3. The van der Waals surface area contributed by atoms with Crippen molar-refractivity contribution in [3.63, 3.8) is 0 Å². The van der Waals surface area contributed by atoms with E-state index < -0.39 is 0 Å². The van der Waals surface area contributed by atoms with E-state index in [-0.39, 0.29) is 12.0 Å². The van der Waals surface area contributed by atoms with Crippen molar-refractivity contribution in [2.24, 2.45) is 5.41 Å². The topological polar surface area (TPSA) is 70.1 Å². The second kappa shape index (κ2) is 6.88. The zero-order valence-corrected chi connectivity index (χ0v) is 12.6. The number of anilines is 2. The summed E-state index contributed by atoms with van der Waals surface area (Å²) in [5.41, 5.74) is 1.18. The van der Waals surface area contributed by atoms with Gasteiger partial charge in [-0.25, -0.2) is 9.97 Å². The number of nitrogens with zero attached hydrogens (tertiary/aromatic N) is 2. The van der Waals surface area contributed by atoms with Gasteiger partial charge in [0.15, 0.2) is 0 Å². The summed E-state index contributed by atoms with van der Waals surface area (Å²) < 4.78 is 0. The van der Waals surface area contributed by atoms with Crippen molar-refractivity contribution >= 4 is 11.6 Å². The van der Waals surface area contributed by atoms with Crippen LogP contribution in [0.25, 0.3) is 0 Å². The third-order valence-corrected chi connectivity index (χ3v) is 4.31. The molecule has 1 fully saturated rings. The van der Waals surface area contributed by atoms with Crippen LogP contribution >= 0.6 is 0 Å². The van der Waals surface area contributed by atoms with Crippen molar-refractivity contribution in [3.8, 4) is 0 Å². The van der Waals surface area contributed by atoms with Gasteiger partial charge in [0.05, 0.1) is 6.61 Å². The summed E-state index contributed by atoms with van der Waals surface area (Å²) in [6.07, 6.45) is 8.24. The molecule has 1 aromatic rings. The van der Waals surface area contributed by atoms with E-state index in [1.807, 2.05) is 7.05 Å². The van der Waals surface area contributed by atoms with E-state index >= 15 is 0 Å². The SMILES string of the molecule is CCCc1c(NC)ncnc1NCC1(CO)CCCC1. The summed E-state index contributed by atoms with van der Waals surface area (Å²) in [5, 5.41) is 16.3. The molecule has 112 valence electrons. The Hall–Kier alpha value is -1.36. The van der Waals surface area contributed by atoms with E-state index in [2.05, 4.69) is 27.5 Å². The van der Waals surface area contributed by atoms with E-state index in [1.165, 1.54) is 12.8 Å². The highest BCUT2D eigenvalue weighted by Gasteiger charge is 2.33. The van der Waals surface area contributed by atoms with Gasteiger partial charge >= 0.3 is 0 Å². The quantitative estimate of drug-likeness (QED) is 0.714. The molecule has 2 rings (SSSR count). The van der Waals surface area contributed by atoms with Crippen LogP contribution in [-0.2, 0) is 6.42 Å². The van der Waals surface area contributed by atoms with Gasteiger partial charge in [0.2, 0.25) is 0 Å². The molecule has 3 N–H and O–H groups in total. The number of aliphatic hydroxyl groups excluding tert-OH is 1. The summed E-state index contributed by atoms with van der Waals surface area (Å²) in [7, 11) is 1.89. The first-order valence-electron chi connectivity index (χ1n) is 7.61. The maximum absolute atomic E-state index is 9.68. The molecule has 0 unspecified atom stereocenters. The Balaban J connectivity index is 2.12. The van der Waals surface area contributed by atoms with Crippen LogP contribution < -0.4 is 10.6 Å². The molecule has 20 heavy (non-hydrogen) atoms. The monoisotopic (exact) mass is 278 g/mol. The van der Waals surface area contributed by atoms with E-state index in [0.29, 0.717) is 0 Å². The predicted octanol–water partition coefficient (Wildman–Crippen LogP) is 2.44. The standard InChI is InChI=1S/C15H26N4O/c1-3-6-12-13(16-2)18-11-19-14(12)17-9-15(10-20)7-4-5-8-15/h11,20H,3-10H2,1-2H3,(H2,16,17,18,19). The Kier molecular flexibility index (Phi) is 5.17. The Labute approximate surface area is 121 Å². The molecule has 5 nitrogen and oxygen atoms in total. The molecule has 1 aliphatic rings. The molecular weight excluding hydrogens is 252 g/mol. The predicted molar refractivity (Wildman–Crippen MR) is 82.1 cm³/mol. The van der Waals surface area contributed by atoms with E-state index in [0.717, 1.165) is 49.4 Å². The van der Waals surface area contributed by atoms with Gasteiger partial charge in [0, 0.05) is 24.6 Å². The first-order valence-corrected chi connectivity index (χ1v) is 7.61. The van der Waals surface area contributed by atoms with Crippen molar-refractivity contribution in [3.05, 3.63) is 11.9 Å².